The van der Waals surface area contributed by atoms with Crippen LogP contribution in [0.25, 0.3) is 0 Å². The number of fused-ring (bicyclic) bond motifs is 1. The lowest BCUT2D eigenvalue weighted by molar-refractivity contribution is -0.732. The molecule has 1 aromatic heterocycles. The van der Waals surface area contributed by atoms with Crippen LogP contribution in [0.5, 0.6) is 0 Å². The van der Waals surface area contributed by atoms with Gasteiger partial charge in [0.15, 0.2) is 11.8 Å². The molecule has 0 spiro atoms. The molecule has 2 saturated heterocycles. The van der Waals surface area contributed by atoms with Gasteiger partial charge in [-0.3, -0.25) is 14.5 Å². The van der Waals surface area contributed by atoms with E-state index in [-0.39, 0.29) is 18.4 Å². The molecule has 7 nitrogen and oxygen atoms in total. The molecule has 124 valence electrons. The first-order valence-corrected chi connectivity index (χ1v) is 7.87. The summed E-state index contributed by atoms with van der Waals surface area (Å²) < 4.78 is 10.6. The van der Waals surface area contributed by atoms with E-state index >= 15 is 0 Å². The molecule has 0 aromatic carbocycles. The molecule has 4 atom stereocenters. The molecule has 2 aliphatic heterocycles. The summed E-state index contributed by atoms with van der Waals surface area (Å²) in [5.74, 6) is -1.76. The highest BCUT2D eigenvalue weighted by molar-refractivity contribution is 6.08. The minimum Gasteiger partial charge on any atom is -0.463 e. The molecule has 7 heteroatoms. The van der Waals surface area contributed by atoms with E-state index in [0.717, 1.165) is 0 Å². The molecule has 2 aliphatic rings. The number of nitrogens with zero attached hydrogens (tertiary/aromatic N) is 1. The maximum atomic E-state index is 12.7. The molecule has 2 N–H and O–H groups in total. The molecule has 3 rings (SSSR count). The third-order valence-electron chi connectivity index (χ3n) is 4.90. The standard InChI is InChI=1S/C16H20N2O5/c1-4-18-13(19)10-11(14(18)20)16(3,15(21)22-5-2)17-12(10)9-7-6-8-23-9/h6-8,10-12,17H,4-5H2,1-3H3/p+1/t10-,11-,12-,16+/m0/s1. The summed E-state index contributed by atoms with van der Waals surface area (Å²) in [6, 6.07) is 3.09. The van der Waals surface area contributed by atoms with Crippen molar-refractivity contribution in [1.29, 1.82) is 0 Å². The fourth-order valence-electron chi connectivity index (χ4n) is 3.86. The number of likely N-dealkylation sites (tertiary alicyclic amines) is 1. The number of quaternary nitrogens is 1. The van der Waals surface area contributed by atoms with Gasteiger partial charge in [0.1, 0.15) is 11.8 Å². The molecule has 23 heavy (non-hydrogen) atoms. The Kier molecular flexibility index (Phi) is 3.75. The largest absolute Gasteiger partial charge is 0.463 e. The van der Waals surface area contributed by atoms with Crippen molar-refractivity contribution < 1.29 is 28.9 Å². The van der Waals surface area contributed by atoms with Gasteiger partial charge in [-0.25, -0.2) is 4.79 Å². The number of esters is 1. The van der Waals surface area contributed by atoms with Gasteiger partial charge in [0, 0.05) is 13.5 Å². The lowest BCUT2D eigenvalue weighted by Crippen LogP contribution is -2.97. The number of imide groups is 1. The van der Waals surface area contributed by atoms with E-state index < -0.39 is 29.4 Å². The van der Waals surface area contributed by atoms with E-state index in [4.69, 9.17) is 9.15 Å². The van der Waals surface area contributed by atoms with Gasteiger partial charge in [-0.2, -0.15) is 0 Å². The van der Waals surface area contributed by atoms with Crippen molar-refractivity contribution in [3.05, 3.63) is 24.2 Å². The van der Waals surface area contributed by atoms with E-state index in [0.29, 0.717) is 12.3 Å². The third-order valence-corrected chi connectivity index (χ3v) is 4.90. The van der Waals surface area contributed by atoms with E-state index in [1.807, 2.05) is 0 Å². The Morgan fingerprint density at radius 2 is 2.13 bits per heavy atom. The molecule has 0 radical (unpaired) electrons. The van der Waals surface area contributed by atoms with Crippen LogP contribution in [0.4, 0.5) is 0 Å². The smallest absolute Gasteiger partial charge is 0.368 e. The van der Waals surface area contributed by atoms with Gasteiger partial charge in [-0.05, 0) is 26.0 Å². The lowest BCUT2D eigenvalue weighted by atomic mass is 9.81. The maximum absolute atomic E-state index is 12.7. The van der Waals surface area contributed by atoms with Crippen LogP contribution in [0.1, 0.15) is 32.6 Å². The zero-order chi connectivity index (χ0) is 16.8. The van der Waals surface area contributed by atoms with Crippen LogP contribution < -0.4 is 5.32 Å². The molecule has 2 fully saturated rings. The van der Waals surface area contributed by atoms with E-state index in [9.17, 15) is 14.4 Å². The lowest BCUT2D eigenvalue weighted by Gasteiger charge is -2.25. The first-order valence-electron chi connectivity index (χ1n) is 7.87. The van der Waals surface area contributed by atoms with Gasteiger partial charge < -0.3 is 14.5 Å². The molecule has 0 unspecified atom stereocenters. The van der Waals surface area contributed by atoms with Gasteiger partial charge in [0.2, 0.25) is 17.4 Å². The zero-order valence-corrected chi connectivity index (χ0v) is 13.4. The Labute approximate surface area is 134 Å². The second-order valence-corrected chi connectivity index (χ2v) is 6.14. The van der Waals surface area contributed by atoms with Gasteiger partial charge in [0.05, 0.1) is 12.9 Å². The Morgan fingerprint density at radius 1 is 1.39 bits per heavy atom. The van der Waals surface area contributed by atoms with Crippen LogP contribution >= 0.6 is 0 Å². The highest BCUT2D eigenvalue weighted by Gasteiger charge is 2.71. The van der Waals surface area contributed by atoms with Crippen molar-refractivity contribution in [3.63, 3.8) is 0 Å². The number of furan rings is 1. The van der Waals surface area contributed by atoms with Crippen molar-refractivity contribution in [3.8, 4) is 0 Å². The highest BCUT2D eigenvalue weighted by Crippen LogP contribution is 2.44. The summed E-state index contributed by atoms with van der Waals surface area (Å²) in [5.41, 5.74) is -1.13. The number of hydrogen-bond acceptors (Lipinski definition) is 5. The topological polar surface area (TPSA) is 93.4 Å². The van der Waals surface area contributed by atoms with Crippen LogP contribution in [0, 0.1) is 11.8 Å². The first-order chi connectivity index (χ1) is 11.0. The maximum Gasteiger partial charge on any atom is 0.368 e. The number of hydrogen-bond donors (Lipinski definition) is 1. The van der Waals surface area contributed by atoms with E-state index in [2.05, 4.69) is 0 Å². The average molecular weight is 321 g/mol. The Morgan fingerprint density at radius 3 is 2.70 bits per heavy atom. The fourth-order valence-corrected chi connectivity index (χ4v) is 3.86. The van der Waals surface area contributed by atoms with Gasteiger partial charge in [0.25, 0.3) is 0 Å². The SMILES string of the molecule is CCOC(=O)[C@]1(C)[NH2+][C@@H](c2ccco2)[C@H]2C(=O)N(CC)C(=O)[C@H]21. The minimum absolute atomic E-state index is 0.227. The van der Waals surface area contributed by atoms with Crippen molar-refractivity contribution in [2.75, 3.05) is 13.2 Å². The van der Waals surface area contributed by atoms with Crippen LogP contribution in [0.15, 0.2) is 22.8 Å². The predicted molar refractivity (Wildman–Crippen MR) is 77.8 cm³/mol. The summed E-state index contributed by atoms with van der Waals surface area (Å²) in [4.78, 5) is 39.1. The van der Waals surface area contributed by atoms with Gasteiger partial charge in [-0.1, -0.05) is 0 Å². The average Bonchev–Trinajstić information content (AvgIpc) is 3.18. The van der Waals surface area contributed by atoms with Crippen molar-refractivity contribution in [1.82, 2.24) is 4.90 Å². The summed E-state index contributed by atoms with van der Waals surface area (Å²) in [6.07, 6.45) is 1.52. The van der Waals surface area contributed by atoms with Crippen LogP contribution in [-0.2, 0) is 19.1 Å². The second kappa shape index (κ2) is 5.49. The number of carbonyl (C=O) groups excluding carboxylic acids is 3. The Hall–Kier alpha value is -2.15. The number of carbonyl (C=O) groups is 3. The molecule has 3 heterocycles. The van der Waals surface area contributed by atoms with E-state index in [1.54, 1.807) is 38.2 Å². The zero-order valence-electron chi connectivity index (χ0n) is 13.4. The fraction of sp³-hybridized carbons (Fsp3) is 0.562. The quantitative estimate of drug-likeness (QED) is 0.614. The molecule has 2 amide bonds. The van der Waals surface area contributed by atoms with Crippen molar-refractivity contribution >= 4 is 17.8 Å². The van der Waals surface area contributed by atoms with Crippen molar-refractivity contribution in [2.45, 2.75) is 32.4 Å². The summed E-state index contributed by atoms with van der Waals surface area (Å²) >= 11 is 0. The van der Waals surface area contributed by atoms with Crippen LogP contribution in [0.3, 0.4) is 0 Å². The van der Waals surface area contributed by atoms with E-state index in [1.165, 1.54) is 11.2 Å². The summed E-state index contributed by atoms with van der Waals surface area (Å²) in [5, 5.41) is 1.75. The Balaban J connectivity index is 2.06. The molecule has 1 aromatic rings. The predicted octanol–water partition coefficient (Wildman–Crippen LogP) is -0.159. The van der Waals surface area contributed by atoms with Crippen LogP contribution in [-0.4, -0.2) is 41.4 Å². The first kappa shape index (κ1) is 15.7. The molecular weight excluding hydrogens is 300 g/mol. The molecular formula is C16H21N2O5+. The Bertz CT molecular complexity index is 641. The second-order valence-electron chi connectivity index (χ2n) is 6.14. The number of amides is 2. The molecule has 0 saturated carbocycles. The molecule has 0 aliphatic carbocycles. The van der Waals surface area contributed by atoms with Gasteiger partial charge in [-0.15, -0.1) is 0 Å². The monoisotopic (exact) mass is 321 g/mol. The van der Waals surface area contributed by atoms with Crippen molar-refractivity contribution in [2.24, 2.45) is 11.8 Å². The third kappa shape index (κ3) is 2.10. The van der Waals surface area contributed by atoms with Gasteiger partial charge >= 0.3 is 5.97 Å². The summed E-state index contributed by atoms with van der Waals surface area (Å²) in [7, 11) is 0. The highest BCUT2D eigenvalue weighted by atomic mass is 16.5. The molecule has 0 bridgehead atoms. The minimum atomic E-state index is -1.13. The van der Waals surface area contributed by atoms with Crippen LogP contribution in [0.2, 0.25) is 0 Å². The number of nitrogens with two attached hydrogens (primary N) is 1. The summed E-state index contributed by atoms with van der Waals surface area (Å²) in [6.45, 7) is 5.68. The normalized spacial score (nSPS) is 33.2. The number of rotatable bonds is 4. The number of ether oxygens (including phenoxy) is 1.